The first-order valence-electron chi connectivity index (χ1n) is 9.65. The number of amides is 1. The van der Waals surface area contributed by atoms with Gasteiger partial charge in [-0.25, -0.2) is 4.79 Å². The average Bonchev–Trinajstić information content (AvgIpc) is 3.04. The smallest absolute Gasteiger partial charge is 0.348 e. The fourth-order valence-corrected chi connectivity index (χ4v) is 5.13. The highest BCUT2D eigenvalue weighted by Crippen LogP contribution is 2.33. The van der Waals surface area contributed by atoms with Gasteiger partial charge in [0.05, 0.1) is 0 Å². The lowest BCUT2D eigenvalue weighted by atomic mass is 9.86. The van der Waals surface area contributed by atoms with Crippen LogP contribution in [0.5, 0.6) is 0 Å². The molecule has 0 aromatic carbocycles. The Balaban J connectivity index is 1.49. The van der Waals surface area contributed by atoms with Gasteiger partial charge in [0.15, 0.2) is 6.61 Å². The Morgan fingerprint density at radius 3 is 2.84 bits per heavy atom. The number of nitrogens with one attached hydrogen (secondary N) is 1. The molecule has 0 unspecified atom stereocenters. The van der Waals surface area contributed by atoms with Gasteiger partial charge in [-0.1, -0.05) is 33.1 Å². The van der Waals surface area contributed by atoms with Gasteiger partial charge in [0.25, 0.3) is 5.91 Å². The fraction of sp³-hybridized carbons (Fsp3) is 0.700. The van der Waals surface area contributed by atoms with E-state index in [1.807, 2.05) is 6.07 Å². The van der Waals surface area contributed by atoms with Crippen LogP contribution >= 0.6 is 11.3 Å². The Bertz CT molecular complexity index is 624. The standard InChI is InChI=1S/C20H29NO3S/c1-3-14-8-9-17-15(10-14)11-18(25-17)20(23)24-12-19(22)21-16-7-5-4-6-13(16)2/h11,13-14,16H,3-10,12H2,1-2H3,(H,21,22)/t13-,14+,16-/m0/s1. The van der Waals surface area contributed by atoms with E-state index in [1.165, 1.54) is 41.0 Å². The van der Waals surface area contributed by atoms with Crippen molar-refractivity contribution in [2.75, 3.05) is 6.61 Å². The van der Waals surface area contributed by atoms with Crippen LogP contribution in [0.25, 0.3) is 0 Å². The molecule has 0 saturated heterocycles. The molecule has 3 atom stereocenters. The molecule has 1 aromatic heterocycles. The van der Waals surface area contributed by atoms with Gasteiger partial charge in [0.1, 0.15) is 4.88 Å². The maximum absolute atomic E-state index is 12.3. The third kappa shape index (κ3) is 4.63. The Labute approximate surface area is 154 Å². The van der Waals surface area contributed by atoms with Gasteiger partial charge in [0.2, 0.25) is 0 Å². The van der Waals surface area contributed by atoms with Crippen LogP contribution in [0.3, 0.4) is 0 Å². The van der Waals surface area contributed by atoms with E-state index in [-0.39, 0.29) is 24.5 Å². The van der Waals surface area contributed by atoms with Gasteiger partial charge in [-0.2, -0.15) is 0 Å². The molecule has 1 amide bonds. The summed E-state index contributed by atoms with van der Waals surface area (Å²) in [6, 6.07) is 2.20. The highest BCUT2D eigenvalue weighted by atomic mass is 32.1. The SMILES string of the molecule is CC[C@@H]1CCc2sc(C(=O)OCC(=O)N[C@H]3CCCC[C@@H]3C)cc2C1. The number of hydrogen-bond acceptors (Lipinski definition) is 4. The zero-order chi connectivity index (χ0) is 17.8. The first-order chi connectivity index (χ1) is 12.1. The van der Waals surface area contributed by atoms with E-state index in [0.29, 0.717) is 10.8 Å². The number of carbonyl (C=O) groups is 2. The highest BCUT2D eigenvalue weighted by Gasteiger charge is 2.25. The van der Waals surface area contributed by atoms with Crippen molar-refractivity contribution < 1.29 is 14.3 Å². The molecule has 0 aliphatic heterocycles. The Hall–Kier alpha value is -1.36. The van der Waals surface area contributed by atoms with Gasteiger partial charge in [-0.15, -0.1) is 11.3 Å². The van der Waals surface area contributed by atoms with Crippen LogP contribution in [0.1, 0.15) is 72.5 Å². The first-order valence-corrected chi connectivity index (χ1v) is 10.5. The van der Waals surface area contributed by atoms with Crippen molar-refractivity contribution in [3.8, 4) is 0 Å². The lowest BCUT2D eigenvalue weighted by molar-refractivity contribution is -0.125. The average molecular weight is 364 g/mol. The molecule has 138 valence electrons. The maximum Gasteiger partial charge on any atom is 0.348 e. The maximum atomic E-state index is 12.3. The Morgan fingerprint density at radius 1 is 1.28 bits per heavy atom. The number of fused-ring (bicyclic) bond motifs is 1. The predicted octanol–water partition coefficient (Wildman–Crippen LogP) is 4.11. The van der Waals surface area contributed by atoms with Crippen molar-refractivity contribution in [1.29, 1.82) is 0 Å². The third-order valence-corrected chi connectivity index (χ3v) is 6.97. The summed E-state index contributed by atoms with van der Waals surface area (Å²) in [5, 5.41) is 3.03. The molecule has 1 aromatic rings. The normalized spacial score (nSPS) is 25.9. The second-order valence-electron chi connectivity index (χ2n) is 7.59. The molecule has 2 aliphatic rings. The second kappa shape index (κ2) is 8.35. The van der Waals surface area contributed by atoms with Crippen molar-refractivity contribution in [2.45, 2.75) is 71.3 Å². The largest absolute Gasteiger partial charge is 0.451 e. The van der Waals surface area contributed by atoms with E-state index in [4.69, 9.17) is 4.74 Å². The molecule has 0 radical (unpaired) electrons. The van der Waals surface area contributed by atoms with Gasteiger partial charge in [-0.05, 0) is 55.6 Å². The monoisotopic (exact) mass is 363 g/mol. The van der Waals surface area contributed by atoms with E-state index in [1.54, 1.807) is 0 Å². The quantitative estimate of drug-likeness (QED) is 0.801. The van der Waals surface area contributed by atoms with Gasteiger partial charge >= 0.3 is 5.97 Å². The summed E-state index contributed by atoms with van der Waals surface area (Å²) in [4.78, 5) is 26.3. The van der Waals surface area contributed by atoms with Crippen LogP contribution in [0.2, 0.25) is 0 Å². The molecule has 2 aliphatic carbocycles. The van der Waals surface area contributed by atoms with Crippen molar-refractivity contribution >= 4 is 23.2 Å². The van der Waals surface area contributed by atoms with E-state index in [2.05, 4.69) is 19.2 Å². The van der Waals surface area contributed by atoms with Crippen LogP contribution in [0.15, 0.2) is 6.07 Å². The number of carbonyl (C=O) groups excluding carboxylic acids is 2. The third-order valence-electron chi connectivity index (χ3n) is 5.76. The summed E-state index contributed by atoms with van der Waals surface area (Å²) in [7, 11) is 0. The molecule has 5 heteroatoms. The summed E-state index contributed by atoms with van der Waals surface area (Å²) in [5.41, 5.74) is 1.30. The summed E-state index contributed by atoms with van der Waals surface area (Å²) < 4.78 is 5.26. The Morgan fingerprint density at radius 2 is 2.08 bits per heavy atom. The van der Waals surface area contributed by atoms with Crippen molar-refractivity contribution in [3.05, 3.63) is 21.4 Å². The van der Waals surface area contributed by atoms with Gasteiger partial charge in [-0.3, -0.25) is 4.79 Å². The van der Waals surface area contributed by atoms with Crippen LogP contribution in [-0.2, 0) is 22.4 Å². The molecule has 4 nitrogen and oxygen atoms in total. The lowest BCUT2D eigenvalue weighted by Crippen LogP contribution is -2.42. The Kier molecular flexibility index (Phi) is 6.15. The zero-order valence-corrected chi connectivity index (χ0v) is 16.1. The molecular weight excluding hydrogens is 334 g/mol. The fourth-order valence-electron chi connectivity index (χ4n) is 4.03. The predicted molar refractivity (Wildman–Crippen MR) is 100.0 cm³/mol. The summed E-state index contributed by atoms with van der Waals surface area (Å²) in [6.07, 6.45) is 9.11. The van der Waals surface area contributed by atoms with Crippen molar-refractivity contribution in [3.63, 3.8) is 0 Å². The van der Waals surface area contributed by atoms with E-state index >= 15 is 0 Å². The molecule has 1 heterocycles. The van der Waals surface area contributed by atoms with E-state index < -0.39 is 0 Å². The molecule has 1 saturated carbocycles. The number of esters is 1. The summed E-state index contributed by atoms with van der Waals surface area (Å²) >= 11 is 1.54. The number of ether oxygens (including phenoxy) is 1. The van der Waals surface area contributed by atoms with Crippen LogP contribution in [-0.4, -0.2) is 24.5 Å². The van der Waals surface area contributed by atoms with Crippen LogP contribution < -0.4 is 5.32 Å². The van der Waals surface area contributed by atoms with Crippen molar-refractivity contribution in [1.82, 2.24) is 5.32 Å². The lowest BCUT2D eigenvalue weighted by Gasteiger charge is -2.29. The second-order valence-corrected chi connectivity index (χ2v) is 8.72. The molecule has 0 bridgehead atoms. The molecule has 1 N–H and O–H groups in total. The van der Waals surface area contributed by atoms with Crippen LogP contribution in [0.4, 0.5) is 0 Å². The topological polar surface area (TPSA) is 55.4 Å². The van der Waals surface area contributed by atoms with Gasteiger partial charge in [0, 0.05) is 10.9 Å². The number of thiophene rings is 1. The summed E-state index contributed by atoms with van der Waals surface area (Å²) in [5.74, 6) is 0.692. The van der Waals surface area contributed by atoms with Crippen molar-refractivity contribution in [2.24, 2.45) is 11.8 Å². The van der Waals surface area contributed by atoms with Gasteiger partial charge < -0.3 is 10.1 Å². The molecule has 0 spiro atoms. The number of rotatable bonds is 5. The summed E-state index contributed by atoms with van der Waals surface area (Å²) in [6.45, 7) is 4.22. The highest BCUT2D eigenvalue weighted by molar-refractivity contribution is 7.14. The molecule has 3 rings (SSSR count). The number of hydrogen-bond donors (Lipinski definition) is 1. The van der Waals surface area contributed by atoms with E-state index in [9.17, 15) is 9.59 Å². The first kappa shape index (κ1) is 18.4. The zero-order valence-electron chi connectivity index (χ0n) is 15.3. The minimum absolute atomic E-state index is 0.178. The minimum Gasteiger partial charge on any atom is -0.451 e. The number of aryl methyl sites for hydroxylation is 1. The van der Waals surface area contributed by atoms with E-state index in [0.717, 1.165) is 38.0 Å². The molecule has 1 fully saturated rings. The van der Waals surface area contributed by atoms with Crippen LogP contribution in [0, 0.1) is 11.8 Å². The molecular formula is C20H29NO3S. The molecule has 25 heavy (non-hydrogen) atoms. The minimum atomic E-state index is -0.362.